The van der Waals surface area contributed by atoms with Gasteiger partial charge in [0.05, 0.1) is 18.5 Å². The van der Waals surface area contributed by atoms with Crippen molar-refractivity contribution in [1.82, 2.24) is 9.88 Å². The molecule has 1 aliphatic rings. The van der Waals surface area contributed by atoms with E-state index in [9.17, 15) is 0 Å². The Morgan fingerprint density at radius 2 is 1.85 bits per heavy atom. The number of rotatable bonds is 5. The molecule has 0 saturated carbocycles. The third-order valence-corrected chi connectivity index (χ3v) is 3.35. The molecule has 1 saturated heterocycles. The maximum atomic E-state index is 5.40. The second kappa shape index (κ2) is 9.72. The van der Waals surface area contributed by atoms with Crippen molar-refractivity contribution < 1.29 is 4.74 Å². The summed E-state index contributed by atoms with van der Waals surface area (Å²) in [4.78, 5) is 9.15. The quantitative estimate of drug-likeness (QED) is 0.775. The van der Waals surface area contributed by atoms with Crippen LogP contribution < -0.4 is 4.90 Å². The van der Waals surface area contributed by atoms with Crippen LogP contribution in [-0.2, 0) is 4.74 Å². The summed E-state index contributed by atoms with van der Waals surface area (Å²) in [5.74, 6) is 0. The molecule has 0 bridgehead atoms. The molecular weight excluding hydrogens is 250 g/mol. The van der Waals surface area contributed by atoms with Gasteiger partial charge in [-0.2, -0.15) is 0 Å². The van der Waals surface area contributed by atoms with Crippen molar-refractivity contribution in [2.45, 2.75) is 27.7 Å². The second-order valence-corrected chi connectivity index (χ2v) is 4.75. The van der Waals surface area contributed by atoms with Crippen molar-refractivity contribution in [3.05, 3.63) is 24.0 Å². The molecule has 0 atom stereocenters. The second-order valence-electron chi connectivity index (χ2n) is 4.75. The molecule has 0 amide bonds. The first-order chi connectivity index (χ1) is 9.79. The largest absolute Gasteiger partial charge is 0.380 e. The van der Waals surface area contributed by atoms with E-state index in [1.54, 1.807) is 0 Å². The zero-order valence-corrected chi connectivity index (χ0v) is 13.4. The van der Waals surface area contributed by atoms with E-state index in [4.69, 9.17) is 4.74 Å². The zero-order valence-electron chi connectivity index (χ0n) is 13.4. The molecule has 0 unspecified atom stereocenters. The molecule has 1 aromatic rings. The van der Waals surface area contributed by atoms with Gasteiger partial charge in [0.1, 0.15) is 0 Å². The molecule has 4 nitrogen and oxygen atoms in total. The summed E-state index contributed by atoms with van der Waals surface area (Å²) in [6.07, 6.45) is 3.87. The molecule has 1 fully saturated rings. The average molecular weight is 279 g/mol. The third-order valence-electron chi connectivity index (χ3n) is 3.35. The van der Waals surface area contributed by atoms with Crippen molar-refractivity contribution in [3.63, 3.8) is 0 Å². The first kappa shape index (κ1) is 16.9. The van der Waals surface area contributed by atoms with Gasteiger partial charge in [-0.05, 0) is 25.5 Å². The smallest absolute Gasteiger partial charge is 0.0593 e. The minimum absolute atomic E-state index is 0.814. The van der Waals surface area contributed by atoms with E-state index < -0.39 is 0 Å². The van der Waals surface area contributed by atoms with E-state index in [1.807, 2.05) is 33.2 Å². The van der Waals surface area contributed by atoms with Gasteiger partial charge < -0.3 is 9.64 Å². The van der Waals surface area contributed by atoms with Crippen LogP contribution in [0.3, 0.4) is 0 Å². The van der Waals surface area contributed by atoms with Crippen LogP contribution in [0.5, 0.6) is 0 Å². The third kappa shape index (κ3) is 5.47. The van der Waals surface area contributed by atoms with Gasteiger partial charge in [-0.3, -0.25) is 9.88 Å². The number of aryl methyl sites for hydroxylation is 1. The summed E-state index contributed by atoms with van der Waals surface area (Å²) in [5.41, 5.74) is 2.48. The minimum atomic E-state index is 0.814. The van der Waals surface area contributed by atoms with Crippen molar-refractivity contribution in [2.75, 3.05) is 50.8 Å². The molecule has 0 aromatic carbocycles. The summed E-state index contributed by atoms with van der Waals surface area (Å²) in [6, 6.07) is 2.21. The highest BCUT2D eigenvalue weighted by Gasteiger charge is 2.16. The highest BCUT2D eigenvalue weighted by molar-refractivity contribution is 5.46. The zero-order chi connectivity index (χ0) is 14.8. The molecule has 0 aliphatic carbocycles. The van der Waals surface area contributed by atoms with Crippen molar-refractivity contribution >= 4 is 5.69 Å². The first-order valence-corrected chi connectivity index (χ1v) is 7.76. The van der Waals surface area contributed by atoms with Gasteiger partial charge in [-0.25, -0.2) is 0 Å². The van der Waals surface area contributed by atoms with Crippen LogP contribution in [0.1, 0.15) is 26.3 Å². The van der Waals surface area contributed by atoms with Crippen LogP contribution in [0.15, 0.2) is 18.5 Å². The highest BCUT2D eigenvalue weighted by atomic mass is 16.5. The van der Waals surface area contributed by atoms with Gasteiger partial charge in [-0.15, -0.1) is 0 Å². The van der Waals surface area contributed by atoms with Crippen molar-refractivity contribution in [3.8, 4) is 0 Å². The van der Waals surface area contributed by atoms with Crippen LogP contribution in [0.2, 0.25) is 0 Å². The maximum absolute atomic E-state index is 5.40. The van der Waals surface area contributed by atoms with Crippen LogP contribution >= 0.6 is 0 Å². The van der Waals surface area contributed by atoms with Gasteiger partial charge in [0.15, 0.2) is 0 Å². The van der Waals surface area contributed by atoms with E-state index in [0.717, 1.165) is 45.9 Å². The van der Waals surface area contributed by atoms with E-state index in [2.05, 4.69) is 27.8 Å². The highest BCUT2D eigenvalue weighted by Crippen LogP contribution is 2.16. The predicted molar refractivity (Wildman–Crippen MR) is 85.5 cm³/mol. The molecule has 20 heavy (non-hydrogen) atoms. The Morgan fingerprint density at radius 1 is 1.15 bits per heavy atom. The van der Waals surface area contributed by atoms with Gasteiger partial charge in [0.25, 0.3) is 0 Å². The van der Waals surface area contributed by atoms with Crippen molar-refractivity contribution in [1.29, 1.82) is 0 Å². The lowest BCUT2D eigenvalue weighted by atomic mass is 10.2. The Labute approximate surface area is 123 Å². The predicted octanol–water partition coefficient (Wildman–Crippen LogP) is 2.57. The molecular formula is C16H29N3O. The van der Waals surface area contributed by atoms with Crippen LogP contribution in [0.25, 0.3) is 0 Å². The molecule has 114 valence electrons. The molecule has 1 aliphatic heterocycles. The lowest BCUT2D eigenvalue weighted by molar-refractivity contribution is 0.111. The fraction of sp³-hybridized carbons (Fsp3) is 0.688. The van der Waals surface area contributed by atoms with Crippen molar-refractivity contribution in [2.24, 2.45) is 0 Å². The number of hydrogen-bond donors (Lipinski definition) is 0. The molecule has 2 heterocycles. The SMILES string of the molecule is CC.CCOCCN1CCN(c2cncc(C)c2)CC1. The Balaban J connectivity index is 0.000000956. The number of anilines is 1. The number of nitrogens with zero attached hydrogens (tertiary/aromatic N) is 3. The summed E-state index contributed by atoms with van der Waals surface area (Å²) >= 11 is 0. The Hall–Kier alpha value is -1.13. The molecule has 4 heteroatoms. The van der Waals surface area contributed by atoms with E-state index >= 15 is 0 Å². The van der Waals surface area contributed by atoms with Crippen LogP contribution in [0.4, 0.5) is 5.69 Å². The standard InChI is InChI=1S/C14H23N3O.C2H6/c1-3-18-9-8-16-4-6-17(7-5-16)14-10-13(2)11-15-12-14;1-2/h10-12H,3-9H2,1-2H3;1-2H3. The number of piperazine rings is 1. The topological polar surface area (TPSA) is 28.6 Å². The molecule has 0 radical (unpaired) electrons. The van der Waals surface area contributed by atoms with Gasteiger partial charge >= 0.3 is 0 Å². The summed E-state index contributed by atoms with van der Waals surface area (Å²) in [5, 5.41) is 0. The van der Waals surface area contributed by atoms with Gasteiger partial charge in [0, 0.05) is 45.5 Å². The lowest BCUT2D eigenvalue weighted by Crippen LogP contribution is -2.47. The van der Waals surface area contributed by atoms with E-state index in [0.29, 0.717) is 0 Å². The molecule has 0 N–H and O–H groups in total. The fourth-order valence-electron chi connectivity index (χ4n) is 2.28. The molecule has 2 rings (SSSR count). The summed E-state index contributed by atoms with van der Waals surface area (Å²) in [6.45, 7) is 15.2. The normalized spacial score (nSPS) is 15.7. The fourth-order valence-corrected chi connectivity index (χ4v) is 2.28. The van der Waals surface area contributed by atoms with E-state index in [-0.39, 0.29) is 0 Å². The van der Waals surface area contributed by atoms with Crippen LogP contribution in [0, 0.1) is 6.92 Å². The first-order valence-electron chi connectivity index (χ1n) is 7.76. The monoisotopic (exact) mass is 279 g/mol. The number of hydrogen-bond acceptors (Lipinski definition) is 4. The Morgan fingerprint density at radius 3 is 2.45 bits per heavy atom. The van der Waals surface area contributed by atoms with Crippen LogP contribution in [-0.4, -0.2) is 55.8 Å². The van der Waals surface area contributed by atoms with Gasteiger partial charge in [0.2, 0.25) is 0 Å². The Kier molecular flexibility index (Phi) is 8.23. The minimum Gasteiger partial charge on any atom is -0.380 e. The summed E-state index contributed by atoms with van der Waals surface area (Å²) < 4.78 is 5.40. The maximum Gasteiger partial charge on any atom is 0.0593 e. The average Bonchev–Trinajstić information content (AvgIpc) is 2.50. The number of pyridine rings is 1. The molecule has 1 aromatic heterocycles. The number of ether oxygens (including phenoxy) is 1. The van der Waals surface area contributed by atoms with Gasteiger partial charge in [-0.1, -0.05) is 13.8 Å². The molecule has 0 spiro atoms. The lowest BCUT2D eigenvalue weighted by Gasteiger charge is -2.35. The number of aromatic nitrogens is 1. The van der Waals surface area contributed by atoms with E-state index in [1.165, 1.54) is 11.3 Å². The Bertz CT molecular complexity index is 362. The summed E-state index contributed by atoms with van der Waals surface area (Å²) in [7, 11) is 0.